The Bertz CT molecular complexity index is 50.1. The molecule has 0 radical (unpaired) electrons. The summed E-state index contributed by atoms with van der Waals surface area (Å²) in [5, 5.41) is 0. The van der Waals surface area contributed by atoms with Crippen LogP contribution in [0.4, 0.5) is 0 Å². The van der Waals surface area contributed by atoms with Crippen molar-refractivity contribution in [2.45, 2.75) is 26.3 Å². The Kier molecular flexibility index (Phi) is 3.11. The third kappa shape index (κ3) is 6.66. The SMILES string of the molecule is CC(C)(C)N[SiH2]Br. The van der Waals surface area contributed by atoms with E-state index in [2.05, 4.69) is 41.0 Å². The van der Waals surface area contributed by atoms with Gasteiger partial charge in [0, 0.05) is 5.54 Å². The molecule has 0 bridgehead atoms. The summed E-state index contributed by atoms with van der Waals surface area (Å²) in [5.41, 5.74) is 0.315. The summed E-state index contributed by atoms with van der Waals surface area (Å²) in [7, 11) is -0.128. The number of nitrogens with one attached hydrogen (secondary N) is 1. The van der Waals surface area contributed by atoms with E-state index >= 15 is 0 Å². The van der Waals surface area contributed by atoms with Gasteiger partial charge in [-0.2, -0.15) is 0 Å². The Morgan fingerprint density at radius 2 is 1.86 bits per heavy atom. The lowest BCUT2D eigenvalue weighted by Crippen LogP contribution is -2.36. The second-order valence-corrected chi connectivity index (χ2v) is 4.86. The maximum atomic E-state index is 3.41. The maximum absolute atomic E-state index is 3.41. The fourth-order valence-corrected chi connectivity index (χ4v) is 3.12. The highest BCUT2D eigenvalue weighted by molar-refractivity contribution is 9.23. The van der Waals surface area contributed by atoms with Crippen LogP contribution >= 0.6 is 15.3 Å². The fraction of sp³-hybridized carbons (Fsp3) is 1.00. The first-order valence-corrected chi connectivity index (χ1v) is 6.98. The van der Waals surface area contributed by atoms with Crippen LogP contribution in [0.15, 0.2) is 0 Å². The Morgan fingerprint density at radius 1 is 1.43 bits per heavy atom. The van der Waals surface area contributed by atoms with E-state index in [1.807, 2.05) is 0 Å². The van der Waals surface area contributed by atoms with E-state index in [0.717, 1.165) is 0 Å². The van der Waals surface area contributed by atoms with Crippen LogP contribution in [0.5, 0.6) is 0 Å². The van der Waals surface area contributed by atoms with Crippen molar-refractivity contribution < 1.29 is 0 Å². The minimum absolute atomic E-state index is 0.128. The van der Waals surface area contributed by atoms with Crippen molar-refractivity contribution in [3.63, 3.8) is 0 Å². The van der Waals surface area contributed by atoms with Gasteiger partial charge in [-0.05, 0) is 20.8 Å². The summed E-state index contributed by atoms with van der Waals surface area (Å²) in [6.07, 6.45) is 0. The highest BCUT2D eigenvalue weighted by Crippen LogP contribution is 1.96. The van der Waals surface area contributed by atoms with E-state index in [1.54, 1.807) is 0 Å². The van der Waals surface area contributed by atoms with Crippen molar-refractivity contribution in [3.05, 3.63) is 0 Å². The van der Waals surface area contributed by atoms with Gasteiger partial charge in [-0.25, -0.2) is 0 Å². The Morgan fingerprint density at radius 3 is 1.86 bits per heavy atom. The quantitative estimate of drug-likeness (QED) is 0.466. The topological polar surface area (TPSA) is 12.0 Å². The third-order valence-corrected chi connectivity index (χ3v) is 2.63. The molecule has 44 valence electrons. The number of halogens is 1. The minimum Gasteiger partial charge on any atom is -0.329 e. The molecule has 0 atom stereocenters. The van der Waals surface area contributed by atoms with Crippen LogP contribution in [0.25, 0.3) is 0 Å². The van der Waals surface area contributed by atoms with E-state index in [0.29, 0.717) is 5.54 Å². The summed E-state index contributed by atoms with van der Waals surface area (Å²) in [4.78, 5) is 3.34. The first kappa shape index (κ1) is 7.66. The standard InChI is InChI=1S/C4H12BrNSi/c1-4(2,3)6-7-5/h6H,7H2,1-3H3. The van der Waals surface area contributed by atoms with Crippen LogP contribution in [0.1, 0.15) is 20.8 Å². The molecule has 0 saturated carbocycles. The summed E-state index contributed by atoms with van der Waals surface area (Å²) in [6, 6.07) is 0. The highest BCUT2D eigenvalue weighted by Gasteiger charge is 2.04. The highest BCUT2D eigenvalue weighted by atomic mass is 79.9. The van der Waals surface area contributed by atoms with Gasteiger partial charge in [-0.15, -0.1) is 15.3 Å². The number of hydrogen-bond acceptors (Lipinski definition) is 1. The first-order valence-electron chi connectivity index (χ1n) is 2.37. The molecule has 0 aromatic rings. The lowest BCUT2D eigenvalue weighted by atomic mass is 10.1. The molecule has 0 spiro atoms. The van der Waals surface area contributed by atoms with Crippen molar-refractivity contribution in [2.75, 3.05) is 0 Å². The molecule has 0 aliphatic rings. The van der Waals surface area contributed by atoms with Crippen molar-refractivity contribution in [1.82, 2.24) is 4.98 Å². The van der Waals surface area contributed by atoms with E-state index < -0.39 is 0 Å². The van der Waals surface area contributed by atoms with E-state index in [1.165, 1.54) is 0 Å². The first-order chi connectivity index (χ1) is 3.06. The molecule has 0 aliphatic carbocycles. The lowest BCUT2D eigenvalue weighted by Gasteiger charge is -2.17. The molecule has 0 aliphatic heterocycles. The zero-order valence-corrected chi connectivity index (χ0v) is 8.09. The second-order valence-electron chi connectivity index (χ2n) is 2.56. The zero-order valence-electron chi connectivity index (χ0n) is 5.09. The van der Waals surface area contributed by atoms with E-state index in [-0.39, 0.29) is 8.30 Å². The van der Waals surface area contributed by atoms with E-state index in [4.69, 9.17) is 0 Å². The fourth-order valence-electron chi connectivity index (χ4n) is 0.200. The molecule has 0 rings (SSSR count). The molecule has 0 amide bonds. The molecule has 3 heteroatoms. The van der Waals surface area contributed by atoms with Gasteiger partial charge in [0.25, 0.3) is 0 Å². The van der Waals surface area contributed by atoms with Gasteiger partial charge in [-0.1, -0.05) is 0 Å². The average molecular weight is 182 g/mol. The van der Waals surface area contributed by atoms with Gasteiger partial charge < -0.3 is 4.98 Å². The molecule has 1 N–H and O–H groups in total. The van der Waals surface area contributed by atoms with E-state index in [9.17, 15) is 0 Å². The van der Waals surface area contributed by atoms with Crippen LogP contribution in [0, 0.1) is 0 Å². The molecule has 0 saturated heterocycles. The van der Waals surface area contributed by atoms with Gasteiger partial charge in [0.1, 0.15) is 0 Å². The molecule has 0 fully saturated rings. The minimum atomic E-state index is -0.128. The van der Waals surface area contributed by atoms with Gasteiger partial charge >= 0.3 is 0 Å². The second kappa shape index (κ2) is 2.84. The van der Waals surface area contributed by atoms with Crippen molar-refractivity contribution in [1.29, 1.82) is 0 Å². The summed E-state index contributed by atoms with van der Waals surface area (Å²) in [6.45, 7) is 6.50. The largest absolute Gasteiger partial charge is 0.329 e. The van der Waals surface area contributed by atoms with Gasteiger partial charge in [0.05, 0.1) is 0 Å². The van der Waals surface area contributed by atoms with Crippen LogP contribution in [0.2, 0.25) is 0 Å². The van der Waals surface area contributed by atoms with Crippen LogP contribution < -0.4 is 4.98 Å². The van der Waals surface area contributed by atoms with Crippen LogP contribution in [0.3, 0.4) is 0 Å². The maximum Gasteiger partial charge on any atom is 0.168 e. The molecular formula is C4H12BrNSi. The molecule has 0 aromatic carbocycles. The predicted molar refractivity (Wildman–Crippen MR) is 40.4 cm³/mol. The lowest BCUT2D eigenvalue weighted by molar-refractivity contribution is 0.527. The third-order valence-electron chi connectivity index (χ3n) is 0.597. The number of rotatable bonds is 1. The smallest absolute Gasteiger partial charge is 0.168 e. The summed E-state index contributed by atoms with van der Waals surface area (Å²) in [5.74, 6) is 0. The average Bonchev–Trinajstić information content (AvgIpc) is 1.30. The number of hydrogen-bond donors (Lipinski definition) is 1. The normalized spacial score (nSPS) is 13.7. The molecule has 7 heavy (non-hydrogen) atoms. The molecule has 0 aromatic heterocycles. The monoisotopic (exact) mass is 181 g/mol. The molecule has 0 unspecified atom stereocenters. The molecule has 1 nitrogen and oxygen atoms in total. The van der Waals surface area contributed by atoms with Crippen molar-refractivity contribution in [2.24, 2.45) is 0 Å². The summed E-state index contributed by atoms with van der Waals surface area (Å²) >= 11 is 3.41. The Labute approximate surface area is 55.4 Å². The van der Waals surface area contributed by atoms with Gasteiger partial charge in [0.2, 0.25) is 0 Å². The van der Waals surface area contributed by atoms with Gasteiger partial charge in [0.15, 0.2) is 8.30 Å². The Hall–Kier alpha value is 0.657. The summed E-state index contributed by atoms with van der Waals surface area (Å²) < 4.78 is 0. The molecule has 0 heterocycles. The van der Waals surface area contributed by atoms with Gasteiger partial charge in [-0.3, -0.25) is 0 Å². The zero-order chi connectivity index (χ0) is 5.91. The van der Waals surface area contributed by atoms with Crippen molar-refractivity contribution in [3.8, 4) is 0 Å². The predicted octanol–water partition coefficient (Wildman–Crippen LogP) is 0.768. The van der Waals surface area contributed by atoms with Crippen molar-refractivity contribution >= 4 is 23.6 Å². The van der Waals surface area contributed by atoms with Crippen LogP contribution in [-0.2, 0) is 0 Å². The Balaban J connectivity index is 3.15. The van der Waals surface area contributed by atoms with Crippen LogP contribution in [-0.4, -0.2) is 13.8 Å². The molecular weight excluding hydrogens is 170 g/mol.